The first kappa shape index (κ1) is 17.0. The lowest BCUT2D eigenvalue weighted by atomic mass is 9.95. The molecule has 0 aromatic heterocycles. The van der Waals surface area contributed by atoms with E-state index in [1.54, 1.807) is 0 Å². The maximum Gasteiger partial charge on any atom is 0.227 e. The summed E-state index contributed by atoms with van der Waals surface area (Å²) in [6.07, 6.45) is 7.04. The predicted octanol–water partition coefficient (Wildman–Crippen LogP) is 3.36. The molecule has 2 amide bonds. The van der Waals surface area contributed by atoms with Crippen LogP contribution in [-0.4, -0.2) is 24.4 Å². The number of anilines is 1. The Morgan fingerprint density at radius 1 is 1.25 bits per heavy atom. The van der Waals surface area contributed by atoms with Crippen molar-refractivity contribution in [3.8, 4) is 0 Å². The molecule has 1 heterocycles. The Labute approximate surface area is 144 Å². The van der Waals surface area contributed by atoms with E-state index in [0.717, 1.165) is 30.5 Å². The van der Waals surface area contributed by atoms with Crippen LogP contribution in [0.15, 0.2) is 18.2 Å². The summed E-state index contributed by atoms with van der Waals surface area (Å²) >= 11 is 0. The first-order chi connectivity index (χ1) is 11.6. The zero-order valence-electron chi connectivity index (χ0n) is 14.8. The summed E-state index contributed by atoms with van der Waals surface area (Å²) in [5, 5.41) is 3.18. The number of amides is 2. The Bertz CT molecular complexity index is 620. The lowest BCUT2D eigenvalue weighted by molar-refractivity contribution is -0.127. The smallest absolute Gasteiger partial charge is 0.227 e. The number of para-hydroxylation sites is 1. The van der Waals surface area contributed by atoms with Crippen molar-refractivity contribution >= 4 is 17.5 Å². The van der Waals surface area contributed by atoms with E-state index in [4.69, 9.17) is 0 Å². The van der Waals surface area contributed by atoms with Crippen LogP contribution >= 0.6 is 0 Å². The van der Waals surface area contributed by atoms with Crippen molar-refractivity contribution in [2.45, 2.75) is 64.8 Å². The van der Waals surface area contributed by atoms with Crippen molar-refractivity contribution in [2.75, 3.05) is 11.4 Å². The van der Waals surface area contributed by atoms with E-state index < -0.39 is 0 Å². The summed E-state index contributed by atoms with van der Waals surface area (Å²) in [5.41, 5.74) is 3.30. The van der Waals surface area contributed by atoms with Gasteiger partial charge in [0.05, 0.1) is 5.92 Å². The van der Waals surface area contributed by atoms with E-state index in [1.807, 2.05) is 24.0 Å². The molecule has 1 atom stereocenters. The Morgan fingerprint density at radius 3 is 2.71 bits per heavy atom. The van der Waals surface area contributed by atoms with Gasteiger partial charge in [-0.15, -0.1) is 0 Å². The standard InChI is InChI=1S/C20H28N2O2/c1-3-15-9-7-8-14(2)19(15)22-13-16(12-18(22)23)20(24)21-17-10-5-4-6-11-17/h7-9,16-17H,3-6,10-13H2,1-2H3,(H,21,24). The Kier molecular flexibility index (Phi) is 5.22. The fourth-order valence-electron chi connectivity index (χ4n) is 4.06. The third kappa shape index (κ3) is 3.47. The van der Waals surface area contributed by atoms with Crippen molar-refractivity contribution in [1.29, 1.82) is 0 Å². The zero-order valence-corrected chi connectivity index (χ0v) is 14.8. The second-order valence-corrected chi connectivity index (χ2v) is 7.19. The highest BCUT2D eigenvalue weighted by Crippen LogP contribution is 2.32. The number of hydrogen-bond donors (Lipinski definition) is 1. The molecule has 0 spiro atoms. The largest absolute Gasteiger partial charge is 0.353 e. The van der Waals surface area contributed by atoms with Crippen LogP contribution in [0, 0.1) is 12.8 Å². The van der Waals surface area contributed by atoms with E-state index in [2.05, 4.69) is 18.3 Å². The number of carbonyl (C=O) groups is 2. The lowest BCUT2D eigenvalue weighted by Crippen LogP contribution is -2.40. The molecule has 2 fully saturated rings. The Balaban J connectivity index is 1.70. The maximum atomic E-state index is 12.6. The van der Waals surface area contributed by atoms with Gasteiger partial charge in [0.15, 0.2) is 0 Å². The molecule has 1 saturated carbocycles. The molecule has 1 aromatic carbocycles. The molecule has 1 unspecified atom stereocenters. The first-order valence-electron chi connectivity index (χ1n) is 9.29. The second kappa shape index (κ2) is 7.37. The predicted molar refractivity (Wildman–Crippen MR) is 96.0 cm³/mol. The van der Waals surface area contributed by atoms with Crippen molar-refractivity contribution in [1.82, 2.24) is 5.32 Å². The first-order valence-corrected chi connectivity index (χ1v) is 9.29. The topological polar surface area (TPSA) is 49.4 Å². The Hall–Kier alpha value is -1.84. The molecule has 4 nitrogen and oxygen atoms in total. The number of aryl methyl sites for hydroxylation is 2. The summed E-state index contributed by atoms with van der Waals surface area (Å²) < 4.78 is 0. The minimum absolute atomic E-state index is 0.0596. The average Bonchev–Trinajstić information content (AvgIpc) is 2.97. The van der Waals surface area contributed by atoms with E-state index >= 15 is 0 Å². The van der Waals surface area contributed by atoms with E-state index in [0.29, 0.717) is 19.0 Å². The SMILES string of the molecule is CCc1cccc(C)c1N1CC(C(=O)NC2CCCCC2)CC1=O. The van der Waals surface area contributed by atoms with Gasteiger partial charge in [0.1, 0.15) is 0 Å². The summed E-state index contributed by atoms with van der Waals surface area (Å²) in [6.45, 7) is 4.65. The van der Waals surface area contributed by atoms with Gasteiger partial charge in [0.2, 0.25) is 11.8 Å². The van der Waals surface area contributed by atoms with E-state index in [1.165, 1.54) is 24.8 Å². The summed E-state index contributed by atoms with van der Waals surface area (Å²) in [5.74, 6) is -0.0871. The molecule has 2 aliphatic rings. The van der Waals surface area contributed by atoms with E-state index in [9.17, 15) is 9.59 Å². The van der Waals surface area contributed by atoms with Crippen molar-refractivity contribution in [3.63, 3.8) is 0 Å². The van der Waals surface area contributed by atoms with Crippen molar-refractivity contribution < 1.29 is 9.59 Å². The quantitative estimate of drug-likeness (QED) is 0.921. The molecule has 1 N–H and O–H groups in total. The van der Waals surface area contributed by atoms with Crippen LogP contribution in [0.5, 0.6) is 0 Å². The molecular weight excluding hydrogens is 300 g/mol. The molecule has 4 heteroatoms. The monoisotopic (exact) mass is 328 g/mol. The molecule has 24 heavy (non-hydrogen) atoms. The lowest BCUT2D eigenvalue weighted by Gasteiger charge is -2.25. The van der Waals surface area contributed by atoms with Gasteiger partial charge in [-0.3, -0.25) is 9.59 Å². The van der Waals surface area contributed by atoms with Crippen molar-refractivity contribution in [3.05, 3.63) is 29.3 Å². The van der Waals surface area contributed by atoms with Gasteiger partial charge in [-0.25, -0.2) is 0 Å². The summed E-state index contributed by atoms with van der Waals surface area (Å²) in [7, 11) is 0. The van der Waals surface area contributed by atoms with Crippen LogP contribution in [0.1, 0.15) is 56.6 Å². The van der Waals surface area contributed by atoms with E-state index in [-0.39, 0.29) is 17.7 Å². The normalized spacial score (nSPS) is 22.0. The molecular formula is C20H28N2O2. The minimum atomic E-state index is -0.219. The third-order valence-corrected chi connectivity index (χ3v) is 5.42. The maximum absolute atomic E-state index is 12.6. The van der Waals surface area contributed by atoms with Crippen LogP contribution in [0.4, 0.5) is 5.69 Å². The van der Waals surface area contributed by atoms with Gasteiger partial charge in [-0.05, 0) is 37.3 Å². The van der Waals surface area contributed by atoms with Crippen LogP contribution in [0.2, 0.25) is 0 Å². The summed E-state index contributed by atoms with van der Waals surface area (Å²) in [6, 6.07) is 6.45. The van der Waals surface area contributed by atoms with Gasteiger partial charge in [0, 0.05) is 24.7 Å². The van der Waals surface area contributed by atoms with Gasteiger partial charge in [0.25, 0.3) is 0 Å². The number of carbonyl (C=O) groups excluding carboxylic acids is 2. The van der Waals surface area contributed by atoms with Gasteiger partial charge in [-0.1, -0.05) is 44.4 Å². The van der Waals surface area contributed by atoms with Gasteiger partial charge < -0.3 is 10.2 Å². The molecule has 3 rings (SSSR count). The summed E-state index contributed by atoms with van der Waals surface area (Å²) in [4.78, 5) is 27.0. The Morgan fingerprint density at radius 2 is 2.00 bits per heavy atom. The molecule has 0 bridgehead atoms. The highest BCUT2D eigenvalue weighted by molar-refractivity contribution is 6.01. The van der Waals surface area contributed by atoms with Crippen LogP contribution in [0.25, 0.3) is 0 Å². The number of rotatable bonds is 4. The average molecular weight is 328 g/mol. The number of nitrogens with zero attached hydrogens (tertiary/aromatic N) is 1. The molecule has 130 valence electrons. The highest BCUT2D eigenvalue weighted by Gasteiger charge is 2.37. The molecule has 0 radical (unpaired) electrons. The number of hydrogen-bond acceptors (Lipinski definition) is 2. The van der Waals surface area contributed by atoms with Crippen molar-refractivity contribution in [2.24, 2.45) is 5.92 Å². The van der Waals surface area contributed by atoms with Crippen LogP contribution in [-0.2, 0) is 16.0 Å². The van der Waals surface area contributed by atoms with Crippen LogP contribution in [0.3, 0.4) is 0 Å². The van der Waals surface area contributed by atoms with Crippen LogP contribution < -0.4 is 10.2 Å². The molecule has 1 saturated heterocycles. The molecule has 1 aliphatic heterocycles. The fraction of sp³-hybridized carbons (Fsp3) is 0.600. The van der Waals surface area contributed by atoms with Gasteiger partial charge in [-0.2, -0.15) is 0 Å². The molecule has 1 aliphatic carbocycles. The molecule has 1 aromatic rings. The fourth-order valence-corrected chi connectivity index (χ4v) is 4.06. The van der Waals surface area contributed by atoms with Gasteiger partial charge >= 0.3 is 0 Å². The number of nitrogens with one attached hydrogen (secondary N) is 1. The zero-order chi connectivity index (χ0) is 17.1. The highest BCUT2D eigenvalue weighted by atomic mass is 16.2. The third-order valence-electron chi connectivity index (χ3n) is 5.42. The second-order valence-electron chi connectivity index (χ2n) is 7.19. The number of benzene rings is 1. The minimum Gasteiger partial charge on any atom is -0.353 e.